The Bertz CT molecular complexity index is 74.6. The molecule has 0 aromatic carbocycles. The fraction of sp³-hybridized carbons (Fsp3) is 0.667. The number of aliphatic hydroxyl groups excluding tert-OH is 1. The van der Waals surface area contributed by atoms with Gasteiger partial charge in [0.15, 0.2) is 0 Å². The van der Waals surface area contributed by atoms with E-state index in [-0.39, 0.29) is 6.61 Å². The third-order valence-corrected chi connectivity index (χ3v) is 1.21. The SMILES string of the molecule is C=C[C@@](C)(CO)OC. The quantitative estimate of drug-likeness (QED) is 0.546. The van der Waals surface area contributed by atoms with E-state index >= 15 is 0 Å². The minimum Gasteiger partial charge on any atom is -0.393 e. The third-order valence-electron chi connectivity index (χ3n) is 1.21. The van der Waals surface area contributed by atoms with Crippen LogP contribution in [0.25, 0.3) is 0 Å². The molecule has 1 N–H and O–H groups in total. The fourth-order valence-electron chi connectivity index (χ4n) is 0.212. The Labute approximate surface area is 49.8 Å². The highest BCUT2D eigenvalue weighted by molar-refractivity contribution is 4.92. The zero-order valence-corrected chi connectivity index (χ0v) is 5.35. The lowest BCUT2D eigenvalue weighted by Gasteiger charge is -2.19. The van der Waals surface area contributed by atoms with Crippen molar-refractivity contribution in [3.8, 4) is 0 Å². The van der Waals surface area contributed by atoms with Gasteiger partial charge in [0.1, 0.15) is 5.60 Å². The molecule has 0 amide bonds. The molecule has 8 heavy (non-hydrogen) atoms. The van der Waals surface area contributed by atoms with E-state index in [1.807, 2.05) is 0 Å². The molecule has 0 rings (SSSR count). The number of hydrogen-bond donors (Lipinski definition) is 1. The van der Waals surface area contributed by atoms with Gasteiger partial charge in [-0.1, -0.05) is 6.08 Å². The zero-order valence-electron chi connectivity index (χ0n) is 5.35. The molecule has 0 saturated carbocycles. The summed E-state index contributed by atoms with van der Waals surface area (Å²) >= 11 is 0. The van der Waals surface area contributed by atoms with Gasteiger partial charge in [-0.3, -0.25) is 0 Å². The van der Waals surface area contributed by atoms with E-state index in [2.05, 4.69) is 6.58 Å². The zero-order chi connectivity index (χ0) is 6.62. The number of rotatable bonds is 3. The third kappa shape index (κ3) is 1.64. The first-order valence-corrected chi connectivity index (χ1v) is 2.48. The van der Waals surface area contributed by atoms with Gasteiger partial charge in [0.05, 0.1) is 6.61 Å². The molecular formula is C6H12O2. The van der Waals surface area contributed by atoms with Crippen LogP contribution < -0.4 is 0 Å². The van der Waals surface area contributed by atoms with Crippen molar-refractivity contribution >= 4 is 0 Å². The Morgan fingerprint density at radius 1 is 1.88 bits per heavy atom. The van der Waals surface area contributed by atoms with Crippen molar-refractivity contribution in [2.45, 2.75) is 12.5 Å². The second kappa shape index (κ2) is 2.84. The van der Waals surface area contributed by atoms with Crippen LogP contribution in [0.3, 0.4) is 0 Å². The van der Waals surface area contributed by atoms with Gasteiger partial charge in [0.2, 0.25) is 0 Å². The van der Waals surface area contributed by atoms with Gasteiger partial charge in [0.25, 0.3) is 0 Å². The van der Waals surface area contributed by atoms with Crippen LogP contribution in [0.2, 0.25) is 0 Å². The van der Waals surface area contributed by atoms with Crippen LogP contribution in [0.5, 0.6) is 0 Å². The Morgan fingerprint density at radius 2 is 2.38 bits per heavy atom. The molecule has 0 unspecified atom stereocenters. The standard InChI is InChI=1S/C6H12O2/c1-4-6(2,5-7)8-3/h4,7H,1,5H2,2-3H3/t6-/m0/s1. The second-order valence-corrected chi connectivity index (χ2v) is 1.88. The van der Waals surface area contributed by atoms with Crippen molar-refractivity contribution in [3.63, 3.8) is 0 Å². The van der Waals surface area contributed by atoms with Crippen LogP contribution in [0.15, 0.2) is 12.7 Å². The summed E-state index contributed by atoms with van der Waals surface area (Å²) in [7, 11) is 1.54. The van der Waals surface area contributed by atoms with Crippen LogP contribution in [0.4, 0.5) is 0 Å². The van der Waals surface area contributed by atoms with Crippen LogP contribution in [-0.2, 0) is 4.74 Å². The molecule has 0 radical (unpaired) electrons. The maximum Gasteiger partial charge on any atom is 0.106 e. The molecule has 0 aromatic rings. The van der Waals surface area contributed by atoms with Gasteiger partial charge >= 0.3 is 0 Å². The smallest absolute Gasteiger partial charge is 0.106 e. The van der Waals surface area contributed by atoms with Crippen molar-refractivity contribution in [2.24, 2.45) is 0 Å². The fourth-order valence-corrected chi connectivity index (χ4v) is 0.212. The maximum absolute atomic E-state index is 8.59. The predicted molar refractivity (Wildman–Crippen MR) is 32.7 cm³/mol. The molecule has 48 valence electrons. The van der Waals surface area contributed by atoms with E-state index < -0.39 is 5.60 Å². The van der Waals surface area contributed by atoms with Crippen molar-refractivity contribution < 1.29 is 9.84 Å². The van der Waals surface area contributed by atoms with Gasteiger partial charge in [0, 0.05) is 7.11 Å². The lowest BCUT2D eigenvalue weighted by atomic mass is 10.1. The lowest BCUT2D eigenvalue weighted by Crippen LogP contribution is -2.28. The monoisotopic (exact) mass is 116 g/mol. The van der Waals surface area contributed by atoms with Crippen LogP contribution in [0, 0.1) is 0 Å². The van der Waals surface area contributed by atoms with E-state index in [0.29, 0.717) is 0 Å². The van der Waals surface area contributed by atoms with E-state index in [9.17, 15) is 0 Å². The first kappa shape index (κ1) is 7.66. The van der Waals surface area contributed by atoms with Crippen molar-refractivity contribution in [1.82, 2.24) is 0 Å². The molecule has 0 aliphatic rings. The van der Waals surface area contributed by atoms with Crippen LogP contribution >= 0.6 is 0 Å². The molecule has 0 saturated heterocycles. The van der Waals surface area contributed by atoms with Gasteiger partial charge in [-0.05, 0) is 6.92 Å². The summed E-state index contributed by atoms with van der Waals surface area (Å²) in [4.78, 5) is 0. The first-order valence-electron chi connectivity index (χ1n) is 2.48. The second-order valence-electron chi connectivity index (χ2n) is 1.88. The average Bonchev–Trinajstić information content (AvgIpc) is 1.87. The molecule has 0 fully saturated rings. The van der Waals surface area contributed by atoms with Crippen LogP contribution in [-0.4, -0.2) is 24.4 Å². The molecule has 0 aliphatic carbocycles. The molecule has 0 aliphatic heterocycles. The Balaban J connectivity index is 3.76. The summed E-state index contributed by atoms with van der Waals surface area (Å²) in [6.07, 6.45) is 1.58. The van der Waals surface area contributed by atoms with Gasteiger partial charge in [-0.15, -0.1) is 6.58 Å². The van der Waals surface area contributed by atoms with E-state index in [0.717, 1.165) is 0 Å². The molecule has 0 heterocycles. The summed E-state index contributed by atoms with van der Waals surface area (Å²) in [5, 5.41) is 8.59. The van der Waals surface area contributed by atoms with Crippen molar-refractivity contribution in [3.05, 3.63) is 12.7 Å². The highest BCUT2D eigenvalue weighted by Gasteiger charge is 2.15. The van der Waals surface area contributed by atoms with E-state index in [1.54, 1.807) is 13.0 Å². The summed E-state index contributed by atoms with van der Waals surface area (Å²) in [5.74, 6) is 0. The molecule has 0 bridgehead atoms. The number of hydrogen-bond acceptors (Lipinski definition) is 2. The summed E-state index contributed by atoms with van der Waals surface area (Å²) in [6.45, 7) is 5.23. The predicted octanol–water partition coefficient (Wildman–Crippen LogP) is 0.570. The van der Waals surface area contributed by atoms with Crippen molar-refractivity contribution in [2.75, 3.05) is 13.7 Å². The summed E-state index contributed by atoms with van der Waals surface area (Å²) in [5.41, 5.74) is -0.556. The molecule has 2 heteroatoms. The number of methoxy groups -OCH3 is 1. The molecule has 0 aromatic heterocycles. The topological polar surface area (TPSA) is 29.5 Å². The maximum atomic E-state index is 8.59. The largest absolute Gasteiger partial charge is 0.393 e. The highest BCUT2D eigenvalue weighted by Crippen LogP contribution is 2.06. The molecule has 1 atom stereocenters. The Kier molecular flexibility index (Phi) is 2.72. The summed E-state index contributed by atoms with van der Waals surface area (Å²) in [6, 6.07) is 0. The minimum atomic E-state index is -0.556. The van der Waals surface area contributed by atoms with Gasteiger partial charge in [-0.25, -0.2) is 0 Å². The molecular weight excluding hydrogens is 104 g/mol. The number of ether oxygens (including phenoxy) is 1. The van der Waals surface area contributed by atoms with Gasteiger partial charge < -0.3 is 9.84 Å². The van der Waals surface area contributed by atoms with Crippen molar-refractivity contribution in [1.29, 1.82) is 0 Å². The van der Waals surface area contributed by atoms with Crippen LogP contribution in [0.1, 0.15) is 6.92 Å². The Morgan fingerprint density at radius 3 is 2.38 bits per heavy atom. The highest BCUT2D eigenvalue weighted by atomic mass is 16.5. The number of aliphatic hydroxyl groups is 1. The minimum absolute atomic E-state index is 0.0208. The first-order chi connectivity index (χ1) is 3.68. The lowest BCUT2D eigenvalue weighted by molar-refractivity contribution is 0.000709. The van der Waals surface area contributed by atoms with E-state index in [4.69, 9.17) is 9.84 Å². The molecule has 2 nitrogen and oxygen atoms in total. The Hall–Kier alpha value is -0.340. The van der Waals surface area contributed by atoms with Gasteiger partial charge in [-0.2, -0.15) is 0 Å². The van der Waals surface area contributed by atoms with E-state index in [1.165, 1.54) is 7.11 Å². The summed E-state index contributed by atoms with van der Waals surface area (Å²) < 4.78 is 4.87. The molecule has 0 spiro atoms. The normalized spacial score (nSPS) is 17.4. The average molecular weight is 116 g/mol.